The Labute approximate surface area is 141 Å². The summed E-state index contributed by atoms with van der Waals surface area (Å²) in [6.07, 6.45) is 1.48. The highest BCUT2D eigenvalue weighted by Gasteiger charge is 2.06. The molecule has 0 spiro atoms. The van der Waals surface area contributed by atoms with E-state index in [1.807, 2.05) is 44.2 Å². The summed E-state index contributed by atoms with van der Waals surface area (Å²) < 4.78 is 11.5. The number of nitrogens with two attached hydrogens (primary N) is 1. The van der Waals surface area contributed by atoms with E-state index in [2.05, 4.69) is 16.6 Å². The minimum absolute atomic E-state index is 0.457. The minimum atomic E-state index is -0.714. The third-order valence-electron chi connectivity index (χ3n) is 3.13. The molecular weight excluding hydrogens is 306 g/mol. The Morgan fingerprint density at radius 1 is 1.21 bits per heavy atom. The molecule has 0 aliphatic heterocycles. The molecule has 0 bridgehead atoms. The summed E-state index contributed by atoms with van der Waals surface area (Å²) >= 11 is 0. The van der Waals surface area contributed by atoms with Gasteiger partial charge in [-0.2, -0.15) is 5.10 Å². The summed E-state index contributed by atoms with van der Waals surface area (Å²) in [6, 6.07) is 12.9. The molecule has 126 valence electrons. The fourth-order valence-corrected chi connectivity index (χ4v) is 2.13. The number of primary amides is 1. The molecule has 2 aromatic carbocycles. The lowest BCUT2D eigenvalue weighted by Crippen LogP contribution is -2.24. The molecule has 24 heavy (non-hydrogen) atoms. The zero-order valence-electron chi connectivity index (χ0n) is 13.8. The predicted molar refractivity (Wildman–Crippen MR) is 93.4 cm³/mol. The zero-order valence-corrected chi connectivity index (χ0v) is 13.8. The largest absolute Gasteiger partial charge is 0.490 e. The highest BCUT2D eigenvalue weighted by Crippen LogP contribution is 2.29. The van der Waals surface area contributed by atoms with E-state index >= 15 is 0 Å². The van der Waals surface area contributed by atoms with Gasteiger partial charge >= 0.3 is 6.03 Å². The quantitative estimate of drug-likeness (QED) is 0.605. The number of hydrazone groups is 1. The van der Waals surface area contributed by atoms with Crippen molar-refractivity contribution in [2.45, 2.75) is 20.5 Å². The normalized spacial score (nSPS) is 10.6. The van der Waals surface area contributed by atoms with Crippen LogP contribution in [-0.4, -0.2) is 18.9 Å². The maximum Gasteiger partial charge on any atom is 0.332 e. The second-order valence-corrected chi connectivity index (χ2v) is 5.15. The van der Waals surface area contributed by atoms with Crippen molar-refractivity contribution in [1.82, 2.24) is 5.43 Å². The van der Waals surface area contributed by atoms with Gasteiger partial charge in [-0.15, -0.1) is 0 Å². The number of aryl methyl sites for hydroxylation is 1. The molecule has 3 N–H and O–H groups in total. The Hall–Kier alpha value is -3.02. The van der Waals surface area contributed by atoms with Gasteiger partial charge < -0.3 is 15.2 Å². The molecule has 0 saturated heterocycles. The first kappa shape index (κ1) is 17.3. The summed E-state index contributed by atoms with van der Waals surface area (Å²) in [4.78, 5) is 10.6. The van der Waals surface area contributed by atoms with Crippen LogP contribution >= 0.6 is 0 Å². The number of carbonyl (C=O) groups excluding carboxylic acids is 1. The summed E-state index contributed by atoms with van der Waals surface area (Å²) in [5.41, 5.74) is 10.1. The molecule has 0 saturated carbocycles. The monoisotopic (exact) mass is 327 g/mol. The molecule has 0 aliphatic carbocycles. The van der Waals surface area contributed by atoms with Gasteiger partial charge in [-0.1, -0.05) is 29.8 Å². The molecule has 6 nitrogen and oxygen atoms in total. The zero-order chi connectivity index (χ0) is 17.4. The third-order valence-corrected chi connectivity index (χ3v) is 3.13. The van der Waals surface area contributed by atoms with Gasteiger partial charge in [0.2, 0.25) is 0 Å². The summed E-state index contributed by atoms with van der Waals surface area (Å²) in [7, 11) is 0. The van der Waals surface area contributed by atoms with Gasteiger partial charge in [0.25, 0.3) is 0 Å². The van der Waals surface area contributed by atoms with Crippen molar-refractivity contribution in [3.05, 3.63) is 59.2 Å². The van der Waals surface area contributed by atoms with Crippen molar-refractivity contribution in [1.29, 1.82) is 0 Å². The number of hydrogen-bond acceptors (Lipinski definition) is 4. The smallest absolute Gasteiger partial charge is 0.332 e. The van der Waals surface area contributed by atoms with E-state index in [4.69, 9.17) is 15.2 Å². The average Bonchev–Trinajstić information content (AvgIpc) is 2.54. The number of amides is 2. The highest BCUT2D eigenvalue weighted by atomic mass is 16.5. The molecule has 6 heteroatoms. The molecule has 0 radical (unpaired) electrons. The van der Waals surface area contributed by atoms with E-state index in [1.54, 1.807) is 6.07 Å². The number of urea groups is 1. The molecule has 2 aromatic rings. The topological polar surface area (TPSA) is 85.9 Å². The first-order valence-electron chi connectivity index (χ1n) is 7.62. The van der Waals surface area contributed by atoms with Crippen molar-refractivity contribution in [3.8, 4) is 11.5 Å². The van der Waals surface area contributed by atoms with E-state index in [0.29, 0.717) is 24.7 Å². The Balaban J connectivity index is 2.10. The van der Waals surface area contributed by atoms with Crippen LogP contribution in [0.1, 0.15) is 23.6 Å². The number of hydrogen-bond donors (Lipinski definition) is 2. The van der Waals surface area contributed by atoms with Gasteiger partial charge in [-0.3, -0.25) is 0 Å². The first-order chi connectivity index (χ1) is 11.6. The molecule has 2 amide bonds. The molecule has 0 unspecified atom stereocenters. The predicted octanol–water partition coefficient (Wildman–Crippen LogP) is 2.97. The maximum absolute atomic E-state index is 10.6. The highest BCUT2D eigenvalue weighted by molar-refractivity contribution is 5.82. The van der Waals surface area contributed by atoms with Crippen LogP contribution in [0.4, 0.5) is 4.79 Å². The number of rotatable bonds is 7. The van der Waals surface area contributed by atoms with E-state index in [1.165, 1.54) is 11.8 Å². The maximum atomic E-state index is 10.6. The van der Waals surface area contributed by atoms with E-state index in [0.717, 1.165) is 11.1 Å². The summed E-state index contributed by atoms with van der Waals surface area (Å²) in [5, 5.41) is 3.73. The van der Waals surface area contributed by atoms with Crippen LogP contribution in [0.25, 0.3) is 0 Å². The van der Waals surface area contributed by atoms with Crippen molar-refractivity contribution in [2.75, 3.05) is 6.61 Å². The van der Waals surface area contributed by atoms with Gasteiger partial charge in [-0.25, -0.2) is 10.2 Å². The molecule has 0 aliphatic rings. The average molecular weight is 327 g/mol. The van der Waals surface area contributed by atoms with Crippen LogP contribution in [-0.2, 0) is 6.61 Å². The van der Waals surface area contributed by atoms with Crippen LogP contribution < -0.4 is 20.6 Å². The van der Waals surface area contributed by atoms with Gasteiger partial charge in [0.1, 0.15) is 6.61 Å². The Bertz CT molecular complexity index is 729. The van der Waals surface area contributed by atoms with Crippen molar-refractivity contribution < 1.29 is 14.3 Å². The lowest BCUT2D eigenvalue weighted by atomic mass is 10.1. The number of nitrogens with one attached hydrogen (secondary N) is 1. The lowest BCUT2D eigenvalue weighted by molar-refractivity contribution is 0.249. The van der Waals surface area contributed by atoms with Gasteiger partial charge in [0.15, 0.2) is 11.5 Å². The van der Waals surface area contributed by atoms with Crippen LogP contribution in [0, 0.1) is 6.92 Å². The number of carbonyl (C=O) groups is 1. The summed E-state index contributed by atoms with van der Waals surface area (Å²) in [5.74, 6) is 1.27. The second kappa shape index (κ2) is 8.57. The van der Waals surface area contributed by atoms with Crippen LogP contribution in [0.15, 0.2) is 47.6 Å². The van der Waals surface area contributed by atoms with E-state index in [-0.39, 0.29) is 0 Å². The lowest BCUT2D eigenvalue weighted by Gasteiger charge is -2.13. The number of benzene rings is 2. The van der Waals surface area contributed by atoms with Gasteiger partial charge in [-0.05, 0) is 43.2 Å². The molecule has 2 rings (SSSR count). The molecule has 0 aromatic heterocycles. The molecule has 0 heterocycles. The van der Waals surface area contributed by atoms with Gasteiger partial charge in [0.05, 0.1) is 12.8 Å². The van der Waals surface area contributed by atoms with Crippen molar-refractivity contribution >= 4 is 12.2 Å². The molecule has 0 atom stereocenters. The van der Waals surface area contributed by atoms with Crippen LogP contribution in [0.5, 0.6) is 11.5 Å². The van der Waals surface area contributed by atoms with Crippen molar-refractivity contribution in [2.24, 2.45) is 10.8 Å². The Morgan fingerprint density at radius 2 is 2.04 bits per heavy atom. The third kappa shape index (κ3) is 5.31. The van der Waals surface area contributed by atoms with Crippen molar-refractivity contribution in [3.63, 3.8) is 0 Å². The molecular formula is C18H21N3O3. The minimum Gasteiger partial charge on any atom is -0.490 e. The Morgan fingerprint density at radius 3 is 2.75 bits per heavy atom. The SMILES string of the molecule is CCOc1cc(/C=N/NC(N)=O)ccc1OCc1cccc(C)c1. The summed E-state index contributed by atoms with van der Waals surface area (Å²) in [6.45, 7) is 4.92. The van der Waals surface area contributed by atoms with Gasteiger partial charge in [0, 0.05) is 0 Å². The second-order valence-electron chi connectivity index (χ2n) is 5.15. The fraction of sp³-hybridized carbons (Fsp3) is 0.222. The standard InChI is InChI=1S/C18H21N3O3/c1-3-23-17-10-14(11-20-21-18(19)22)7-8-16(17)24-12-15-6-4-5-13(2)9-15/h4-11H,3,12H2,1-2H3,(H3,19,21,22)/b20-11+. The number of nitrogens with zero attached hydrogens (tertiary/aromatic N) is 1. The first-order valence-corrected chi connectivity index (χ1v) is 7.62. The number of ether oxygens (including phenoxy) is 2. The van der Waals surface area contributed by atoms with Crippen LogP contribution in [0.2, 0.25) is 0 Å². The Kier molecular flexibility index (Phi) is 6.19. The van der Waals surface area contributed by atoms with Crippen LogP contribution in [0.3, 0.4) is 0 Å². The fourth-order valence-electron chi connectivity index (χ4n) is 2.13. The van der Waals surface area contributed by atoms with E-state index < -0.39 is 6.03 Å². The van der Waals surface area contributed by atoms with E-state index in [9.17, 15) is 4.79 Å². The molecule has 0 fully saturated rings.